The van der Waals surface area contributed by atoms with Crippen LogP contribution in [0.4, 0.5) is 0 Å². The van der Waals surface area contributed by atoms with Crippen molar-refractivity contribution in [2.45, 2.75) is 13.1 Å². The summed E-state index contributed by atoms with van der Waals surface area (Å²) in [7, 11) is 4.99. The molecule has 0 atom stereocenters. The standard InChI is InChI=1S/C22H28N2O5/c1-25-18-5-4-16(10-19(18)26-2)13-23-6-8-24(9-7-23)14-17-11-20(27-3)22-21(12-17)28-15-29-22/h4-5,10-12H,6-9,13-15H2,1-3H3. The third-order valence-corrected chi connectivity index (χ3v) is 5.44. The summed E-state index contributed by atoms with van der Waals surface area (Å²) < 4.78 is 27.2. The second kappa shape index (κ2) is 8.80. The number of hydrogen-bond acceptors (Lipinski definition) is 7. The number of piperazine rings is 1. The highest BCUT2D eigenvalue weighted by Crippen LogP contribution is 2.42. The van der Waals surface area contributed by atoms with E-state index in [1.54, 1.807) is 21.3 Å². The van der Waals surface area contributed by atoms with Gasteiger partial charge in [-0.1, -0.05) is 6.07 Å². The molecule has 0 spiro atoms. The predicted molar refractivity (Wildman–Crippen MR) is 109 cm³/mol. The van der Waals surface area contributed by atoms with Crippen LogP contribution in [0.15, 0.2) is 30.3 Å². The fraction of sp³-hybridized carbons (Fsp3) is 0.455. The van der Waals surface area contributed by atoms with Gasteiger partial charge in [-0.3, -0.25) is 9.80 Å². The van der Waals surface area contributed by atoms with Crippen LogP contribution in [0.5, 0.6) is 28.7 Å². The summed E-state index contributed by atoms with van der Waals surface area (Å²) in [4.78, 5) is 4.93. The van der Waals surface area contributed by atoms with Crippen LogP contribution in [0.25, 0.3) is 0 Å². The maximum Gasteiger partial charge on any atom is 0.231 e. The largest absolute Gasteiger partial charge is 0.493 e. The van der Waals surface area contributed by atoms with Crippen LogP contribution in [-0.4, -0.2) is 64.1 Å². The first-order chi connectivity index (χ1) is 14.2. The van der Waals surface area contributed by atoms with Gasteiger partial charge in [0.15, 0.2) is 23.0 Å². The molecule has 0 aliphatic carbocycles. The van der Waals surface area contributed by atoms with E-state index in [2.05, 4.69) is 28.0 Å². The Hall–Kier alpha value is -2.64. The molecule has 156 valence electrons. The minimum Gasteiger partial charge on any atom is -0.493 e. The molecule has 0 aromatic heterocycles. The Balaban J connectivity index is 1.33. The molecule has 0 bridgehead atoms. The molecular formula is C22H28N2O5. The van der Waals surface area contributed by atoms with Gasteiger partial charge in [0.2, 0.25) is 12.5 Å². The summed E-state index contributed by atoms with van der Waals surface area (Å²) in [5, 5.41) is 0. The molecule has 2 aliphatic rings. The molecule has 7 heteroatoms. The summed E-state index contributed by atoms with van der Waals surface area (Å²) in [5.74, 6) is 3.75. The Kier molecular flexibility index (Phi) is 5.97. The summed E-state index contributed by atoms with van der Waals surface area (Å²) in [6, 6.07) is 10.2. The Labute approximate surface area is 171 Å². The van der Waals surface area contributed by atoms with Crippen molar-refractivity contribution < 1.29 is 23.7 Å². The molecule has 2 heterocycles. The molecule has 2 aromatic carbocycles. The van der Waals surface area contributed by atoms with Crippen LogP contribution < -0.4 is 23.7 Å². The highest BCUT2D eigenvalue weighted by Gasteiger charge is 2.22. The van der Waals surface area contributed by atoms with Crippen molar-refractivity contribution in [2.24, 2.45) is 0 Å². The monoisotopic (exact) mass is 400 g/mol. The van der Waals surface area contributed by atoms with Crippen LogP contribution in [0, 0.1) is 0 Å². The average Bonchev–Trinajstić information content (AvgIpc) is 3.23. The minimum atomic E-state index is 0.254. The number of nitrogens with zero attached hydrogens (tertiary/aromatic N) is 2. The van der Waals surface area contributed by atoms with Gasteiger partial charge in [-0.2, -0.15) is 0 Å². The summed E-state index contributed by atoms with van der Waals surface area (Å²) in [6.45, 7) is 6.12. The van der Waals surface area contributed by atoms with Crippen molar-refractivity contribution in [1.29, 1.82) is 0 Å². The highest BCUT2D eigenvalue weighted by molar-refractivity contribution is 5.55. The van der Waals surface area contributed by atoms with Gasteiger partial charge in [0.05, 0.1) is 21.3 Å². The molecule has 4 rings (SSSR count). The van der Waals surface area contributed by atoms with Gasteiger partial charge in [0.1, 0.15) is 0 Å². The zero-order valence-corrected chi connectivity index (χ0v) is 17.3. The lowest BCUT2D eigenvalue weighted by Gasteiger charge is -2.34. The van der Waals surface area contributed by atoms with Crippen LogP contribution >= 0.6 is 0 Å². The lowest BCUT2D eigenvalue weighted by molar-refractivity contribution is 0.122. The van der Waals surface area contributed by atoms with E-state index in [9.17, 15) is 0 Å². The first-order valence-corrected chi connectivity index (χ1v) is 9.82. The van der Waals surface area contributed by atoms with Gasteiger partial charge < -0.3 is 23.7 Å². The lowest BCUT2D eigenvalue weighted by Crippen LogP contribution is -2.45. The molecule has 1 fully saturated rings. The van der Waals surface area contributed by atoms with E-state index in [0.29, 0.717) is 5.75 Å². The third kappa shape index (κ3) is 4.36. The van der Waals surface area contributed by atoms with Crippen molar-refractivity contribution in [3.05, 3.63) is 41.5 Å². The van der Waals surface area contributed by atoms with Gasteiger partial charge in [-0.15, -0.1) is 0 Å². The Morgan fingerprint density at radius 3 is 2.00 bits per heavy atom. The molecule has 1 saturated heterocycles. The minimum absolute atomic E-state index is 0.254. The maximum atomic E-state index is 5.54. The average molecular weight is 400 g/mol. The van der Waals surface area contributed by atoms with E-state index in [0.717, 1.165) is 62.3 Å². The first-order valence-electron chi connectivity index (χ1n) is 9.82. The van der Waals surface area contributed by atoms with E-state index in [1.165, 1.54) is 11.1 Å². The van der Waals surface area contributed by atoms with E-state index in [1.807, 2.05) is 12.1 Å². The fourth-order valence-corrected chi connectivity index (χ4v) is 3.88. The van der Waals surface area contributed by atoms with Crippen molar-refractivity contribution in [3.8, 4) is 28.7 Å². The van der Waals surface area contributed by atoms with Gasteiger partial charge in [-0.25, -0.2) is 0 Å². The SMILES string of the molecule is COc1ccc(CN2CCN(Cc3cc(OC)c4c(c3)OCO4)CC2)cc1OC. The second-order valence-electron chi connectivity index (χ2n) is 7.27. The molecule has 0 saturated carbocycles. The van der Waals surface area contributed by atoms with Crippen molar-refractivity contribution in [1.82, 2.24) is 9.80 Å². The van der Waals surface area contributed by atoms with Crippen molar-refractivity contribution in [2.75, 3.05) is 54.3 Å². The zero-order valence-electron chi connectivity index (χ0n) is 17.3. The molecule has 0 amide bonds. The van der Waals surface area contributed by atoms with E-state index in [-0.39, 0.29) is 6.79 Å². The van der Waals surface area contributed by atoms with Gasteiger partial charge in [0.25, 0.3) is 0 Å². The lowest BCUT2D eigenvalue weighted by atomic mass is 10.1. The molecule has 2 aliphatic heterocycles. The third-order valence-electron chi connectivity index (χ3n) is 5.44. The molecule has 2 aromatic rings. The van der Waals surface area contributed by atoms with E-state index in [4.69, 9.17) is 23.7 Å². The number of ether oxygens (including phenoxy) is 5. The van der Waals surface area contributed by atoms with Crippen LogP contribution in [0.2, 0.25) is 0 Å². The Morgan fingerprint density at radius 2 is 1.34 bits per heavy atom. The molecule has 7 nitrogen and oxygen atoms in total. The van der Waals surface area contributed by atoms with E-state index >= 15 is 0 Å². The quantitative estimate of drug-likeness (QED) is 0.708. The fourth-order valence-electron chi connectivity index (χ4n) is 3.88. The van der Waals surface area contributed by atoms with E-state index < -0.39 is 0 Å². The smallest absolute Gasteiger partial charge is 0.231 e. The number of hydrogen-bond donors (Lipinski definition) is 0. The Bertz CT molecular complexity index is 849. The first kappa shape index (κ1) is 19.7. The van der Waals surface area contributed by atoms with Crippen LogP contribution in [0.3, 0.4) is 0 Å². The number of methoxy groups -OCH3 is 3. The summed E-state index contributed by atoms with van der Waals surface area (Å²) in [5.41, 5.74) is 2.41. The molecule has 0 radical (unpaired) electrons. The van der Waals surface area contributed by atoms with Crippen molar-refractivity contribution in [3.63, 3.8) is 0 Å². The van der Waals surface area contributed by atoms with Gasteiger partial charge in [0, 0.05) is 39.3 Å². The predicted octanol–water partition coefficient (Wildman–Crippen LogP) is 2.76. The molecule has 0 N–H and O–H groups in total. The summed E-state index contributed by atoms with van der Waals surface area (Å²) >= 11 is 0. The summed E-state index contributed by atoms with van der Waals surface area (Å²) in [6.07, 6.45) is 0. The highest BCUT2D eigenvalue weighted by atomic mass is 16.7. The van der Waals surface area contributed by atoms with Crippen LogP contribution in [0.1, 0.15) is 11.1 Å². The number of fused-ring (bicyclic) bond motifs is 1. The Morgan fingerprint density at radius 1 is 0.724 bits per heavy atom. The van der Waals surface area contributed by atoms with Crippen molar-refractivity contribution >= 4 is 0 Å². The van der Waals surface area contributed by atoms with Gasteiger partial charge >= 0.3 is 0 Å². The second-order valence-corrected chi connectivity index (χ2v) is 7.27. The topological polar surface area (TPSA) is 52.6 Å². The molecule has 0 unspecified atom stereocenters. The normalized spacial score (nSPS) is 16.7. The van der Waals surface area contributed by atoms with Gasteiger partial charge in [-0.05, 0) is 35.4 Å². The molecule has 29 heavy (non-hydrogen) atoms. The maximum absolute atomic E-state index is 5.54. The van der Waals surface area contributed by atoms with Crippen LogP contribution in [-0.2, 0) is 13.1 Å². The zero-order chi connectivity index (χ0) is 20.2. The number of benzene rings is 2. The molecular weight excluding hydrogens is 372 g/mol. The number of rotatable bonds is 7.